The van der Waals surface area contributed by atoms with Crippen LogP contribution in [0.5, 0.6) is 5.75 Å². The molecule has 0 saturated carbocycles. The average molecular weight is 340 g/mol. The molecule has 2 aromatic rings. The molecule has 5 nitrogen and oxygen atoms in total. The van der Waals surface area contributed by atoms with Crippen molar-refractivity contribution in [2.75, 3.05) is 25.1 Å². The van der Waals surface area contributed by atoms with Crippen LogP contribution in [-0.4, -0.2) is 37.3 Å². The van der Waals surface area contributed by atoms with Crippen LogP contribution in [0.25, 0.3) is 0 Å². The van der Waals surface area contributed by atoms with E-state index in [1.807, 2.05) is 18.2 Å². The molecule has 0 aliphatic carbocycles. The van der Waals surface area contributed by atoms with E-state index < -0.39 is 6.10 Å². The summed E-state index contributed by atoms with van der Waals surface area (Å²) in [4.78, 5) is 14.7. The Morgan fingerprint density at radius 3 is 2.56 bits per heavy atom. The minimum Gasteiger partial charge on any atom is -0.497 e. The van der Waals surface area contributed by atoms with Gasteiger partial charge in [-0.05, 0) is 42.7 Å². The quantitative estimate of drug-likeness (QED) is 0.878. The highest BCUT2D eigenvalue weighted by molar-refractivity contribution is 5.82. The smallest absolute Gasteiger partial charge is 0.253 e. The van der Waals surface area contributed by atoms with Gasteiger partial charge >= 0.3 is 0 Å². The van der Waals surface area contributed by atoms with E-state index in [1.54, 1.807) is 31.4 Å². The summed E-state index contributed by atoms with van der Waals surface area (Å²) in [6.45, 7) is 1.79. The Morgan fingerprint density at radius 2 is 1.88 bits per heavy atom. The van der Waals surface area contributed by atoms with Crippen molar-refractivity contribution in [1.29, 1.82) is 0 Å². The zero-order valence-electron chi connectivity index (χ0n) is 14.4. The van der Waals surface area contributed by atoms with Crippen LogP contribution in [0.2, 0.25) is 0 Å². The van der Waals surface area contributed by atoms with Crippen molar-refractivity contribution >= 4 is 11.6 Å². The summed E-state index contributed by atoms with van der Waals surface area (Å²) in [7, 11) is 1.56. The van der Waals surface area contributed by atoms with E-state index in [0.29, 0.717) is 11.3 Å². The molecule has 1 aliphatic heterocycles. The second-order valence-corrected chi connectivity index (χ2v) is 6.28. The molecular formula is C20H24N2O3. The van der Waals surface area contributed by atoms with Crippen molar-refractivity contribution < 1.29 is 14.6 Å². The van der Waals surface area contributed by atoms with Crippen LogP contribution in [0.3, 0.4) is 0 Å². The number of rotatable bonds is 5. The molecular weight excluding hydrogens is 316 g/mol. The highest BCUT2D eigenvalue weighted by Crippen LogP contribution is 2.22. The second-order valence-electron chi connectivity index (χ2n) is 6.28. The van der Waals surface area contributed by atoms with Crippen LogP contribution in [0.1, 0.15) is 24.5 Å². The van der Waals surface area contributed by atoms with Gasteiger partial charge in [0.05, 0.1) is 7.11 Å². The maximum atomic E-state index is 12.3. The van der Waals surface area contributed by atoms with Gasteiger partial charge in [0, 0.05) is 24.8 Å². The third kappa shape index (κ3) is 4.31. The van der Waals surface area contributed by atoms with Crippen LogP contribution >= 0.6 is 0 Å². The van der Waals surface area contributed by atoms with Crippen LogP contribution in [0.15, 0.2) is 54.6 Å². The molecule has 5 heteroatoms. The molecule has 0 radical (unpaired) electrons. The molecule has 1 fully saturated rings. The van der Waals surface area contributed by atoms with Crippen molar-refractivity contribution in [3.05, 3.63) is 60.2 Å². The SMILES string of the molecule is COc1cccc(C(O)C(=O)NC2CCN(c3ccccc3)CC2)c1. The number of para-hydroxylation sites is 1. The highest BCUT2D eigenvalue weighted by atomic mass is 16.5. The monoisotopic (exact) mass is 340 g/mol. The summed E-state index contributed by atoms with van der Waals surface area (Å²) in [6, 6.07) is 17.3. The number of carbonyl (C=O) groups is 1. The van der Waals surface area contributed by atoms with E-state index in [2.05, 4.69) is 22.3 Å². The van der Waals surface area contributed by atoms with E-state index in [1.165, 1.54) is 5.69 Å². The minimum atomic E-state index is -1.18. The van der Waals surface area contributed by atoms with Gasteiger partial charge < -0.3 is 20.1 Å². The zero-order chi connectivity index (χ0) is 17.6. The third-order valence-corrected chi connectivity index (χ3v) is 4.62. The Hall–Kier alpha value is -2.53. The molecule has 1 aliphatic rings. The fourth-order valence-electron chi connectivity index (χ4n) is 3.16. The number of aliphatic hydroxyl groups excluding tert-OH is 1. The van der Waals surface area contributed by atoms with Crippen molar-refractivity contribution in [1.82, 2.24) is 5.32 Å². The van der Waals surface area contributed by atoms with E-state index >= 15 is 0 Å². The lowest BCUT2D eigenvalue weighted by Crippen LogP contribution is -2.46. The summed E-state index contributed by atoms with van der Waals surface area (Å²) >= 11 is 0. The molecule has 2 aromatic carbocycles. The predicted octanol–water partition coefficient (Wildman–Crippen LogP) is 2.51. The maximum absolute atomic E-state index is 12.3. The number of carbonyl (C=O) groups excluding carboxylic acids is 1. The van der Waals surface area contributed by atoms with Crippen molar-refractivity contribution in [2.45, 2.75) is 25.0 Å². The lowest BCUT2D eigenvalue weighted by Gasteiger charge is -2.34. The van der Waals surface area contributed by atoms with Gasteiger partial charge in [0.1, 0.15) is 5.75 Å². The molecule has 0 spiro atoms. The summed E-state index contributed by atoms with van der Waals surface area (Å²) in [5.74, 6) is 0.270. The molecule has 1 amide bonds. The Bertz CT molecular complexity index is 697. The first-order chi connectivity index (χ1) is 12.2. The third-order valence-electron chi connectivity index (χ3n) is 4.62. The number of benzene rings is 2. The first-order valence-electron chi connectivity index (χ1n) is 8.60. The standard InChI is InChI=1S/C20H24N2O3/c1-25-18-9-5-6-15(14-18)19(23)20(24)21-16-10-12-22(13-11-16)17-7-3-2-4-8-17/h2-9,14,16,19,23H,10-13H2,1H3,(H,21,24). The highest BCUT2D eigenvalue weighted by Gasteiger charge is 2.24. The van der Waals surface area contributed by atoms with Gasteiger partial charge in [-0.1, -0.05) is 30.3 Å². The molecule has 0 bridgehead atoms. The number of hydrogen-bond donors (Lipinski definition) is 2. The van der Waals surface area contributed by atoms with Crippen LogP contribution < -0.4 is 15.0 Å². The van der Waals surface area contributed by atoms with E-state index in [-0.39, 0.29) is 11.9 Å². The first-order valence-corrected chi connectivity index (χ1v) is 8.60. The number of aliphatic hydroxyl groups is 1. The Kier molecular flexibility index (Phi) is 5.56. The Morgan fingerprint density at radius 1 is 1.16 bits per heavy atom. The van der Waals surface area contributed by atoms with Gasteiger partial charge in [-0.2, -0.15) is 0 Å². The average Bonchev–Trinajstić information content (AvgIpc) is 2.68. The summed E-state index contributed by atoms with van der Waals surface area (Å²) in [5, 5.41) is 13.3. The molecule has 1 atom stereocenters. The minimum absolute atomic E-state index is 0.0905. The molecule has 25 heavy (non-hydrogen) atoms. The van der Waals surface area contributed by atoms with Gasteiger partial charge in [0.25, 0.3) is 5.91 Å². The van der Waals surface area contributed by atoms with Crippen molar-refractivity contribution in [3.8, 4) is 5.75 Å². The van der Waals surface area contributed by atoms with Gasteiger partial charge in [-0.25, -0.2) is 0 Å². The summed E-state index contributed by atoms with van der Waals surface area (Å²) in [6.07, 6.45) is 0.555. The molecule has 1 heterocycles. The predicted molar refractivity (Wildman–Crippen MR) is 97.8 cm³/mol. The maximum Gasteiger partial charge on any atom is 0.253 e. The number of nitrogens with one attached hydrogen (secondary N) is 1. The second kappa shape index (κ2) is 8.03. The van der Waals surface area contributed by atoms with Gasteiger partial charge in [-0.3, -0.25) is 4.79 Å². The molecule has 2 N–H and O–H groups in total. The molecule has 132 valence electrons. The van der Waals surface area contributed by atoms with Crippen LogP contribution in [0, 0.1) is 0 Å². The number of ether oxygens (including phenoxy) is 1. The Labute approximate surface area is 148 Å². The summed E-state index contributed by atoms with van der Waals surface area (Å²) in [5.41, 5.74) is 1.75. The zero-order valence-corrected chi connectivity index (χ0v) is 14.4. The van der Waals surface area contributed by atoms with Crippen molar-refractivity contribution in [2.24, 2.45) is 0 Å². The lowest BCUT2D eigenvalue weighted by atomic mass is 10.0. The largest absolute Gasteiger partial charge is 0.497 e. The molecule has 3 rings (SSSR count). The number of nitrogens with zero attached hydrogens (tertiary/aromatic N) is 1. The topological polar surface area (TPSA) is 61.8 Å². The van der Waals surface area contributed by atoms with Crippen molar-refractivity contribution in [3.63, 3.8) is 0 Å². The fourth-order valence-corrected chi connectivity index (χ4v) is 3.16. The molecule has 1 saturated heterocycles. The number of piperidine rings is 1. The van der Waals surface area contributed by atoms with Crippen LogP contribution in [0.4, 0.5) is 5.69 Å². The number of amides is 1. The normalized spacial score (nSPS) is 16.3. The molecule has 0 aromatic heterocycles. The number of methoxy groups -OCH3 is 1. The van der Waals surface area contributed by atoms with Gasteiger partial charge in [-0.15, -0.1) is 0 Å². The fraction of sp³-hybridized carbons (Fsp3) is 0.350. The van der Waals surface area contributed by atoms with E-state index in [4.69, 9.17) is 4.74 Å². The van der Waals surface area contributed by atoms with Gasteiger partial charge in [0.2, 0.25) is 0 Å². The molecule has 1 unspecified atom stereocenters. The first kappa shape index (κ1) is 17.3. The van der Waals surface area contributed by atoms with Gasteiger partial charge in [0.15, 0.2) is 6.10 Å². The Balaban J connectivity index is 1.53. The number of hydrogen-bond acceptors (Lipinski definition) is 4. The van der Waals surface area contributed by atoms with E-state index in [0.717, 1.165) is 25.9 Å². The van der Waals surface area contributed by atoms with E-state index in [9.17, 15) is 9.90 Å². The number of anilines is 1. The lowest BCUT2D eigenvalue weighted by molar-refractivity contribution is -0.130. The van der Waals surface area contributed by atoms with Crippen LogP contribution in [-0.2, 0) is 4.79 Å². The summed E-state index contributed by atoms with van der Waals surface area (Å²) < 4.78 is 5.14.